The lowest BCUT2D eigenvalue weighted by atomic mass is 9.93. The lowest BCUT2D eigenvalue weighted by molar-refractivity contribution is -0.138. The number of alkyl halides is 3. The highest BCUT2D eigenvalue weighted by Gasteiger charge is 2.37. The predicted octanol–water partition coefficient (Wildman–Crippen LogP) is 3.75. The van der Waals surface area contributed by atoms with Crippen LogP contribution in [0.5, 0.6) is 0 Å². The molecule has 0 aliphatic rings. The molecule has 0 aromatic heterocycles. The van der Waals surface area contributed by atoms with Gasteiger partial charge in [0.25, 0.3) is 5.91 Å². The second-order valence-electron chi connectivity index (χ2n) is 4.79. The summed E-state index contributed by atoms with van der Waals surface area (Å²) in [6.07, 6.45) is -3.79. The fraction of sp³-hybridized carbons (Fsp3) is 0.500. The van der Waals surface area contributed by atoms with Crippen LogP contribution >= 0.6 is 15.9 Å². The van der Waals surface area contributed by atoms with Crippen molar-refractivity contribution in [2.45, 2.75) is 38.4 Å². The van der Waals surface area contributed by atoms with Crippen LogP contribution < -0.4 is 5.32 Å². The number of aliphatic hydroxyl groups is 1. The van der Waals surface area contributed by atoms with E-state index in [2.05, 4.69) is 21.2 Å². The van der Waals surface area contributed by atoms with Gasteiger partial charge in [0.05, 0.1) is 23.3 Å². The zero-order valence-electron chi connectivity index (χ0n) is 11.7. The Bertz CT molecular complexity index is 505. The highest BCUT2D eigenvalue weighted by molar-refractivity contribution is 9.10. The second-order valence-corrected chi connectivity index (χ2v) is 5.70. The van der Waals surface area contributed by atoms with Crippen molar-refractivity contribution in [1.82, 2.24) is 5.32 Å². The largest absolute Gasteiger partial charge is 0.417 e. The zero-order valence-corrected chi connectivity index (χ0v) is 13.3. The van der Waals surface area contributed by atoms with Gasteiger partial charge in [0.2, 0.25) is 0 Å². The Hall–Kier alpha value is -1.08. The third-order valence-corrected chi connectivity index (χ3v) is 4.06. The molecule has 0 aliphatic carbocycles. The maximum Gasteiger partial charge on any atom is 0.417 e. The molecule has 0 unspecified atom stereocenters. The van der Waals surface area contributed by atoms with Gasteiger partial charge in [-0.25, -0.2) is 0 Å². The van der Waals surface area contributed by atoms with Gasteiger partial charge in [0.15, 0.2) is 0 Å². The highest BCUT2D eigenvalue weighted by Crippen LogP contribution is 2.34. The molecule has 0 saturated heterocycles. The van der Waals surface area contributed by atoms with Crippen LogP contribution in [0, 0.1) is 0 Å². The number of aliphatic hydroxyl groups excluding tert-OH is 1. The van der Waals surface area contributed by atoms with E-state index in [1.807, 2.05) is 0 Å². The van der Waals surface area contributed by atoms with Gasteiger partial charge >= 0.3 is 6.18 Å². The minimum atomic E-state index is -4.63. The number of hydrogen-bond donors (Lipinski definition) is 2. The molecule has 2 N–H and O–H groups in total. The van der Waals surface area contributed by atoms with Gasteiger partial charge in [0, 0.05) is 4.47 Å². The van der Waals surface area contributed by atoms with Gasteiger partial charge in [-0.3, -0.25) is 4.79 Å². The van der Waals surface area contributed by atoms with Crippen LogP contribution in [0.25, 0.3) is 0 Å². The molecule has 1 rings (SSSR count). The molecular formula is C14H17BrF3NO2. The summed E-state index contributed by atoms with van der Waals surface area (Å²) in [5, 5.41) is 11.9. The summed E-state index contributed by atoms with van der Waals surface area (Å²) in [5.41, 5.74) is -2.37. The number of rotatable bonds is 5. The first-order chi connectivity index (χ1) is 9.69. The summed E-state index contributed by atoms with van der Waals surface area (Å²) in [7, 11) is 0. The molecule has 1 aromatic carbocycles. The van der Waals surface area contributed by atoms with Crippen LogP contribution in [0.15, 0.2) is 22.7 Å². The van der Waals surface area contributed by atoms with Crippen LogP contribution in [-0.4, -0.2) is 23.2 Å². The van der Waals surface area contributed by atoms with Crippen LogP contribution in [0.2, 0.25) is 0 Å². The van der Waals surface area contributed by atoms with Crippen LogP contribution in [0.1, 0.15) is 42.6 Å². The summed E-state index contributed by atoms with van der Waals surface area (Å²) in [6.45, 7) is 3.18. The first kappa shape index (κ1) is 18.0. The summed E-state index contributed by atoms with van der Waals surface area (Å²) < 4.78 is 39.3. The van der Waals surface area contributed by atoms with E-state index in [1.165, 1.54) is 6.07 Å². The van der Waals surface area contributed by atoms with Crippen molar-refractivity contribution in [3.8, 4) is 0 Å². The van der Waals surface area contributed by atoms with Gasteiger partial charge in [-0.1, -0.05) is 29.8 Å². The highest BCUT2D eigenvalue weighted by atomic mass is 79.9. The maximum atomic E-state index is 13.0. The second kappa shape index (κ2) is 6.79. The van der Waals surface area contributed by atoms with Gasteiger partial charge in [0.1, 0.15) is 0 Å². The maximum absolute atomic E-state index is 13.0. The summed E-state index contributed by atoms with van der Waals surface area (Å²) >= 11 is 2.97. The third-order valence-electron chi connectivity index (χ3n) is 3.57. The molecular weight excluding hydrogens is 351 g/mol. The van der Waals surface area contributed by atoms with E-state index in [1.54, 1.807) is 13.8 Å². The first-order valence-corrected chi connectivity index (χ1v) is 7.28. The van der Waals surface area contributed by atoms with Crippen LogP contribution in [0.3, 0.4) is 0 Å². The summed E-state index contributed by atoms with van der Waals surface area (Å²) in [4.78, 5) is 12.2. The molecule has 0 fully saturated rings. The molecule has 0 spiro atoms. The lowest BCUT2D eigenvalue weighted by Crippen LogP contribution is -2.50. The number of carbonyl (C=O) groups is 1. The molecule has 1 amide bonds. The molecule has 0 heterocycles. The van der Waals surface area contributed by atoms with E-state index < -0.39 is 28.7 Å². The zero-order chi connectivity index (χ0) is 16.3. The van der Waals surface area contributed by atoms with Gasteiger partial charge < -0.3 is 10.4 Å². The molecule has 0 aliphatic heterocycles. The smallest absolute Gasteiger partial charge is 0.394 e. The van der Waals surface area contributed by atoms with E-state index in [9.17, 15) is 23.1 Å². The number of nitrogens with one attached hydrogen (secondary N) is 1. The molecule has 3 nitrogen and oxygen atoms in total. The van der Waals surface area contributed by atoms with E-state index in [4.69, 9.17) is 0 Å². The minimum Gasteiger partial charge on any atom is -0.394 e. The van der Waals surface area contributed by atoms with Crippen molar-refractivity contribution in [2.24, 2.45) is 0 Å². The Balaban J connectivity index is 3.19. The Morgan fingerprint density at radius 1 is 1.29 bits per heavy atom. The van der Waals surface area contributed by atoms with Crippen molar-refractivity contribution >= 4 is 21.8 Å². The van der Waals surface area contributed by atoms with E-state index in [-0.39, 0.29) is 11.1 Å². The van der Waals surface area contributed by atoms with Gasteiger partial charge in [-0.05, 0) is 31.0 Å². The van der Waals surface area contributed by atoms with Crippen molar-refractivity contribution < 1.29 is 23.1 Å². The monoisotopic (exact) mass is 367 g/mol. The number of benzene rings is 1. The Labute approximate surface area is 129 Å². The standard InChI is InChI=1S/C14H17BrF3NO2/c1-3-13(4-2,8-20)19-12(21)10-6-5-9(15)7-11(10)14(16,17)18/h5-7,20H,3-4,8H2,1-2H3,(H,19,21). The van der Waals surface area contributed by atoms with Crippen molar-refractivity contribution in [3.05, 3.63) is 33.8 Å². The Kier molecular flexibility index (Phi) is 5.81. The van der Waals surface area contributed by atoms with Gasteiger partial charge in [-0.15, -0.1) is 0 Å². The van der Waals surface area contributed by atoms with Gasteiger partial charge in [-0.2, -0.15) is 13.2 Å². The number of amides is 1. The topological polar surface area (TPSA) is 49.3 Å². The molecule has 7 heteroatoms. The molecule has 0 radical (unpaired) electrons. The molecule has 118 valence electrons. The Morgan fingerprint density at radius 2 is 1.86 bits per heavy atom. The summed E-state index contributed by atoms with van der Waals surface area (Å²) in [6, 6.07) is 3.37. The molecule has 0 saturated carbocycles. The average molecular weight is 368 g/mol. The molecule has 0 bridgehead atoms. The predicted molar refractivity (Wildman–Crippen MR) is 77.0 cm³/mol. The normalized spacial score (nSPS) is 12.3. The average Bonchev–Trinajstić information content (AvgIpc) is 2.43. The van der Waals surface area contributed by atoms with E-state index in [0.717, 1.165) is 12.1 Å². The first-order valence-electron chi connectivity index (χ1n) is 6.49. The fourth-order valence-corrected chi connectivity index (χ4v) is 2.31. The summed E-state index contributed by atoms with van der Waals surface area (Å²) in [5.74, 6) is -0.840. The SMILES string of the molecule is CCC(CC)(CO)NC(=O)c1ccc(Br)cc1C(F)(F)F. The minimum absolute atomic E-state index is 0.241. The van der Waals surface area contributed by atoms with Crippen LogP contribution in [0.4, 0.5) is 13.2 Å². The number of carbonyl (C=O) groups excluding carboxylic acids is 1. The number of halogens is 4. The third kappa shape index (κ3) is 4.20. The van der Waals surface area contributed by atoms with Crippen LogP contribution in [-0.2, 0) is 6.18 Å². The van der Waals surface area contributed by atoms with Crippen molar-refractivity contribution in [1.29, 1.82) is 0 Å². The molecule has 21 heavy (non-hydrogen) atoms. The lowest BCUT2D eigenvalue weighted by Gasteiger charge is -2.31. The number of hydrogen-bond acceptors (Lipinski definition) is 2. The quantitative estimate of drug-likeness (QED) is 0.832. The molecule has 1 aromatic rings. The fourth-order valence-electron chi connectivity index (χ4n) is 1.95. The van der Waals surface area contributed by atoms with E-state index in [0.29, 0.717) is 12.8 Å². The van der Waals surface area contributed by atoms with Crippen molar-refractivity contribution in [2.75, 3.05) is 6.61 Å². The van der Waals surface area contributed by atoms with E-state index >= 15 is 0 Å². The van der Waals surface area contributed by atoms with Crippen molar-refractivity contribution in [3.63, 3.8) is 0 Å². The Morgan fingerprint density at radius 3 is 2.29 bits per heavy atom. The molecule has 0 atom stereocenters.